The molecular weight excluding hydrogens is 456 g/mol. The standard InChI is InChI=1S/C21H19BrN2O6/c1-4-30-14-7-5-13(6-8-14)24-20(26)15(19(25)23-21(24)27)9-12-10-17(28-2)18(29-3)11-16(12)22/h5-11H,4H2,1-3H3,(H,23,25,27)/b15-9-. The molecular formula is C21H19BrN2O6. The highest BCUT2D eigenvalue weighted by Crippen LogP contribution is 2.35. The molecule has 1 saturated heterocycles. The number of ether oxygens (including phenoxy) is 3. The highest BCUT2D eigenvalue weighted by atomic mass is 79.9. The summed E-state index contributed by atoms with van der Waals surface area (Å²) in [5.74, 6) is -0.0107. The van der Waals surface area contributed by atoms with Gasteiger partial charge in [-0.2, -0.15) is 0 Å². The zero-order valence-corrected chi connectivity index (χ0v) is 18.1. The largest absolute Gasteiger partial charge is 0.494 e. The van der Waals surface area contributed by atoms with Crippen LogP contribution in [0.2, 0.25) is 0 Å². The fraction of sp³-hybridized carbons (Fsp3) is 0.190. The highest BCUT2D eigenvalue weighted by molar-refractivity contribution is 9.10. The quantitative estimate of drug-likeness (QED) is 0.508. The Morgan fingerprint density at radius 2 is 1.67 bits per heavy atom. The molecule has 0 aromatic heterocycles. The van der Waals surface area contributed by atoms with Gasteiger partial charge in [0, 0.05) is 4.47 Å². The van der Waals surface area contributed by atoms with Gasteiger partial charge in [0.15, 0.2) is 11.5 Å². The Hall–Kier alpha value is -3.33. The lowest BCUT2D eigenvalue weighted by Gasteiger charge is -2.26. The van der Waals surface area contributed by atoms with Gasteiger partial charge in [-0.05, 0) is 55.0 Å². The van der Waals surface area contributed by atoms with E-state index in [2.05, 4.69) is 21.2 Å². The second-order valence-corrected chi connectivity index (χ2v) is 6.97. The molecule has 2 aromatic rings. The van der Waals surface area contributed by atoms with Gasteiger partial charge in [0.25, 0.3) is 11.8 Å². The molecule has 1 aliphatic rings. The van der Waals surface area contributed by atoms with Gasteiger partial charge >= 0.3 is 6.03 Å². The Kier molecular flexibility index (Phi) is 6.41. The number of hydrogen-bond acceptors (Lipinski definition) is 6. The average Bonchev–Trinajstić information content (AvgIpc) is 2.73. The van der Waals surface area contributed by atoms with Gasteiger partial charge in [-0.25, -0.2) is 9.69 Å². The molecule has 0 atom stereocenters. The van der Waals surface area contributed by atoms with Gasteiger partial charge in [0.1, 0.15) is 11.3 Å². The molecule has 2 aromatic carbocycles. The van der Waals surface area contributed by atoms with Gasteiger partial charge < -0.3 is 14.2 Å². The number of rotatable bonds is 6. The van der Waals surface area contributed by atoms with Crippen LogP contribution in [0.5, 0.6) is 17.2 Å². The topological polar surface area (TPSA) is 94.2 Å². The second kappa shape index (κ2) is 9.00. The summed E-state index contributed by atoms with van der Waals surface area (Å²) in [5, 5.41) is 2.20. The Balaban J connectivity index is 2.00. The van der Waals surface area contributed by atoms with Crippen LogP contribution in [0.4, 0.5) is 10.5 Å². The number of nitrogens with zero attached hydrogens (tertiary/aromatic N) is 1. The third-order valence-corrected chi connectivity index (χ3v) is 5.00. The molecule has 0 unspecified atom stereocenters. The van der Waals surface area contributed by atoms with E-state index >= 15 is 0 Å². The lowest BCUT2D eigenvalue weighted by Crippen LogP contribution is -2.54. The normalized spacial score (nSPS) is 15.3. The van der Waals surface area contributed by atoms with Crippen molar-refractivity contribution in [2.75, 3.05) is 25.7 Å². The van der Waals surface area contributed by atoms with Crippen LogP contribution >= 0.6 is 15.9 Å². The Bertz CT molecular complexity index is 1030. The third kappa shape index (κ3) is 4.16. The summed E-state index contributed by atoms with van der Waals surface area (Å²) >= 11 is 3.39. The number of carbonyl (C=O) groups excluding carboxylic acids is 3. The van der Waals surface area contributed by atoms with Gasteiger partial charge in [0.05, 0.1) is 26.5 Å². The van der Waals surface area contributed by atoms with Crippen molar-refractivity contribution in [1.82, 2.24) is 5.32 Å². The van der Waals surface area contributed by atoms with Crippen molar-refractivity contribution in [3.63, 3.8) is 0 Å². The van der Waals surface area contributed by atoms with E-state index in [1.54, 1.807) is 36.4 Å². The first-order valence-corrected chi connectivity index (χ1v) is 9.74. The average molecular weight is 475 g/mol. The number of hydrogen-bond donors (Lipinski definition) is 1. The van der Waals surface area contributed by atoms with Crippen molar-refractivity contribution in [1.29, 1.82) is 0 Å². The number of barbiturate groups is 1. The molecule has 1 N–H and O–H groups in total. The number of nitrogens with one attached hydrogen (secondary N) is 1. The van der Waals surface area contributed by atoms with Crippen LogP contribution in [-0.4, -0.2) is 38.7 Å². The van der Waals surface area contributed by atoms with E-state index in [-0.39, 0.29) is 5.57 Å². The van der Waals surface area contributed by atoms with Crippen LogP contribution in [0.15, 0.2) is 46.4 Å². The zero-order valence-electron chi connectivity index (χ0n) is 16.5. The smallest absolute Gasteiger partial charge is 0.335 e. The van der Waals surface area contributed by atoms with Crippen LogP contribution < -0.4 is 24.4 Å². The van der Waals surface area contributed by atoms with E-state index < -0.39 is 17.8 Å². The number of imide groups is 2. The molecule has 1 fully saturated rings. The number of halogens is 1. The number of urea groups is 1. The predicted octanol–water partition coefficient (Wildman–Crippen LogP) is 3.53. The van der Waals surface area contributed by atoms with Gasteiger partial charge in [-0.3, -0.25) is 14.9 Å². The molecule has 9 heteroatoms. The van der Waals surface area contributed by atoms with Crippen LogP contribution in [0.3, 0.4) is 0 Å². The molecule has 1 heterocycles. The molecule has 0 aliphatic carbocycles. The molecule has 0 radical (unpaired) electrons. The minimum absolute atomic E-state index is 0.198. The summed E-state index contributed by atoms with van der Waals surface area (Å²) in [5.41, 5.74) is 0.620. The zero-order chi connectivity index (χ0) is 21.8. The SMILES string of the molecule is CCOc1ccc(N2C(=O)NC(=O)/C(=C/c3cc(OC)c(OC)cc3Br)C2=O)cc1. The molecule has 4 amide bonds. The van der Waals surface area contributed by atoms with E-state index in [9.17, 15) is 14.4 Å². The van der Waals surface area contributed by atoms with Crippen molar-refractivity contribution >= 4 is 45.5 Å². The van der Waals surface area contributed by atoms with Crippen molar-refractivity contribution in [3.05, 3.63) is 52.0 Å². The van der Waals surface area contributed by atoms with Crippen LogP contribution in [0.1, 0.15) is 12.5 Å². The number of amides is 4. The first-order chi connectivity index (χ1) is 14.4. The van der Waals surface area contributed by atoms with E-state index in [1.165, 1.54) is 20.3 Å². The lowest BCUT2D eigenvalue weighted by molar-refractivity contribution is -0.122. The maximum atomic E-state index is 13.0. The van der Waals surface area contributed by atoms with Crippen LogP contribution in [0, 0.1) is 0 Å². The number of anilines is 1. The maximum absolute atomic E-state index is 13.0. The summed E-state index contributed by atoms with van der Waals surface area (Å²) in [7, 11) is 2.98. The molecule has 30 heavy (non-hydrogen) atoms. The van der Waals surface area contributed by atoms with E-state index in [1.807, 2.05) is 6.92 Å². The Morgan fingerprint density at radius 1 is 1.03 bits per heavy atom. The van der Waals surface area contributed by atoms with Crippen LogP contribution in [-0.2, 0) is 9.59 Å². The second-order valence-electron chi connectivity index (χ2n) is 6.11. The van der Waals surface area contributed by atoms with Crippen molar-refractivity contribution in [2.24, 2.45) is 0 Å². The molecule has 156 valence electrons. The fourth-order valence-corrected chi connectivity index (χ4v) is 3.32. The first kappa shape index (κ1) is 21.4. The maximum Gasteiger partial charge on any atom is 0.335 e. The molecule has 3 rings (SSSR count). The molecule has 1 aliphatic heterocycles. The monoisotopic (exact) mass is 474 g/mol. The predicted molar refractivity (Wildman–Crippen MR) is 114 cm³/mol. The van der Waals surface area contributed by atoms with Gasteiger partial charge in [-0.1, -0.05) is 15.9 Å². The molecule has 0 bridgehead atoms. The third-order valence-electron chi connectivity index (χ3n) is 4.31. The summed E-state index contributed by atoms with van der Waals surface area (Å²) < 4.78 is 16.5. The van der Waals surface area contributed by atoms with E-state index in [0.29, 0.717) is 39.6 Å². The molecule has 0 saturated carbocycles. The van der Waals surface area contributed by atoms with Crippen LogP contribution in [0.25, 0.3) is 6.08 Å². The first-order valence-electron chi connectivity index (χ1n) is 8.95. The van der Waals surface area contributed by atoms with E-state index in [0.717, 1.165) is 4.90 Å². The minimum atomic E-state index is -0.822. The van der Waals surface area contributed by atoms with Crippen molar-refractivity contribution in [3.8, 4) is 17.2 Å². The van der Waals surface area contributed by atoms with Gasteiger partial charge in [-0.15, -0.1) is 0 Å². The fourth-order valence-electron chi connectivity index (χ4n) is 2.89. The summed E-state index contributed by atoms with van der Waals surface area (Å²) in [6.45, 7) is 2.34. The lowest BCUT2D eigenvalue weighted by atomic mass is 10.1. The molecule has 0 spiro atoms. The summed E-state index contributed by atoms with van der Waals surface area (Å²) in [6.07, 6.45) is 1.39. The summed E-state index contributed by atoms with van der Waals surface area (Å²) in [4.78, 5) is 38.7. The Morgan fingerprint density at radius 3 is 2.27 bits per heavy atom. The number of benzene rings is 2. The minimum Gasteiger partial charge on any atom is -0.494 e. The number of carbonyl (C=O) groups is 3. The number of methoxy groups -OCH3 is 2. The van der Waals surface area contributed by atoms with E-state index in [4.69, 9.17) is 14.2 Å². The Labute approximate surface area is 181 Å². The van der Waals surface area contributed by atoms with Crippen molar-refractivity contribution < 1.29 is 28.6 Å². The van der Waals surface area contributed by atoms with Gasteiger partial charge in [0.2, 0.25) is 0 Å². The highest BCUT2D eigenvalue weighted by Gasteiger charge is 2.37. The summed E-state index contributed by atoms with van der Waals surface area (Å²) in [6, 6.07) is 8.89. The van der Waals surface area contributed by atoms with Crippen molar-refractivity contribution in [2.45, 2.75) is 6.92 Å². The molecule has 8 nitrogen and oxygen atoms in total.